The Morgan fingerprint density at radius 3 is 1.94 bits per heavy atom. The number of benzene rings is 3. The number of imide groups is 1. The van der Waals surface area contributed by atoms with Crippen LogP contribution < -0.4 is 9.91 Å². The number of para-hydroxylation sites is 2. The second kappa shape index (κ2) is 7.17. The van der Waals surface area contributed by atoms with E-state index in [2.05, 4.69) is 5.10 Å². The predicted molar refractivity (Wildman–Crippen MR) is 115 cm³/mol. The van der Waals surface area contributed by atoms with Crippen LogP contribution in [0.1, 0.15) is 5.56 Å². The van der Waals surface area contributed by atoms with Crippen molar-refractivity contribution in [3.05, 3.63) is 101 Å². The molecule has 2 aliphatic heterocycles. The van der Waals surface area contributed by atoms with Crippen LogP contribution in [0.2, 0.25) is 0 Å². The summed E-state index contributed by atoms with van der Waals surface area (Å²) in [4.78, 5) is 38.5. The number of rotatable bonds is 4. The van der Waals surface area contributed by atoms with Gasteiger partial charge in [0.2, 0.25) is 5.91 Å². The minimum atomic E-state index is -0.819. The smallest absolute Gasteiger partial charge is 0.269 e. The SMILES string of the molecule is O=C1[C@H]2C(c3ccc([N+](=O)[O-])cc3)=NN(c3ccccc3)[C@@H]2C(=O)N1c1ccccc1. The van der Waals surface area contributed by atoms with Crippen molar-refractivity contribution in [1.29, 1.82) is 0 Å². The van der Waals surface area contributed by atoms with Gasteiger partial charge in [0.25, 0.3) is 11.6 Å². The van der Waals surface area contributed by atoms with E-state index in [1.54, 1.807) is 41.4 Å². The third kappa shape index (κ3) is 2.96. The zero-order valence-electron chi connectivity index (χ0n) is 16.2. The fourth-order valence-corrected chi connectivity index (χ4v) is 4.03. The zero-order chi connectivity index (χ0) is 21.5. The van der Waals surface area contributed by atoms with E-state index >= 15 is 0 Å². The molecule has 0 aliphatic carbocycles. The topological polar surface area (TPSA) is 96.1 Å². The van der Waals surface area contributed by atoms with Gasteiger partial charge in [-0.05, 0) is 42.0 Å². The molecule has 0 unspecified atom stereocenters. The molecule has 0 N–H and O–H groups in total. The van der Waals surface area contributed by atoms with Gasteiger partial charge in [-0.25, -0.2) is 4.90 Å². The van der Waals surface area contributed by atoms with Crippen LogP contribution in [0, 0.1) is 16.0 Å². The molecule has 0 spiro atoms. The molecule has 152 valence electrons. The number of anilines is 2. The Balaban J connectivity index is 1.62. The summed E-state index contributed by atoms with van der Waals surface area (Å²) < 4.78 is 0. The van der Waals surface area contributed by atoms with Crippen LogP contribution in [0.5, 0.6) is 0 Å². The number of nitro benzene ring substituents is 1. The number of hydrazone groups is 1. The molecule has 0 radical (unpaired) electrons. The number of carbonyl (C=O) groups is 2. The molecular formula is C23H16N4O4. The summed E-state index contributed by atoms with van der Waals surface area (Å²) in [6.07, 6.45) is 0. The molecule has 0 aromatic heterocycles. The number of non-ortho nitro benzene ring substituents is 1. The third-order valence-electron chi connectivity index (χ3n) is 5.46. The molecule has 8 heteroatoms. The first-order chi connectivity index (χ1) is 15.1. The Morgan fingerprint density at radius 1 is 0.774 bits per heavy atom. The number of nitro groups is 1. The number of carbonyl (C=O) groups excluding carboxylic acids is 2. The van der Waals surface area contributed by atoms with Gasteiger partial charge in [0, 0.05) is 12.1 Å². The molecule has 0 saturated carbocycles. The van der Waals surface area contributed by atoms with Crippen molar-refractivity contribution in [1.82, 2.24) is 0 Å². The summed E-state index contributed by atoms with van der Waals surface area (Å²) in [7, 11) is 0. The second-order valence-electron chi connectivity index (χ2n) is 7.24. The monoisotopic (exact) mass is 412 g/mol. The van der Waals surface area contributed by atoms with E-state index < -0.39 is 16.9 Å². The van der Waals surface area contributed by atoms with Gasteiger partial charge in [-0.2, -0.15) is 5.10 Å². The van der Waals surface area contributed by atoms with E-state index in [1.165, 1.54) is 17.0 Å². The van der Waals surface area contributed by atoms with Crippen LogP contribution in [-0.2, 0) is 9.59 Å². The lowest BCUT2D eigenvalue weighted by Gasteiger charge is -2.22. The van der Waals surface area contributed by atoms with Crippen LogP contribution in [0.3, 0.4) is 0 Å². The molecule has 5 rings (SSSR count). The van der Waals surface area contributed by atoms with Crippen LogP contribution in [0.4, 0.5) is 17.1 Å². The Morgan fingerprint density at radius 2 is 1.35 bits per heavy atom. The lowest BCUT2D eigenvalue weighted by Crippen LogP contribution is -2.39. The van der Waals surface area contributed by atoms with Gasteiger partial charge in [-0.15, -0.1) is 0 Å². The van der Waals surface area contributed by atoms with E-state index in [0.717, 1.165) is 0 Å². The first-order valence-corrected chi connectivity index (χ1v) is 9.67. The Hall–Kier alpha value is -4.33. The first kappa shape index (κ1) is 18.7. The molecule has 1 saturated heterocycles. The maximum Gasteiger partial charge on any atom is 0.269 e. The molecule has 3 aromatic carbocycles. The van der Waals surface area contributed by atoms with Crippen LogP contribution in [0.25, 0.3) is 0 Å². The van der Waals surface area contributed by atoms with Crippen molar-refractivity contribution in [3.8, 4) is 0 Å². The second-order valence-corrected chi connectivity index (χ2v) is 7.24. The highest BCUT2D eigenvalue weighted by atomic mass is 16.6. The molecule has 8 nitrogen and oxygen atoms in total. The Kier molecular flexibility index (Phi) is 4.32. The van der Waals surface area contributed by atoms with Crippen molar-refractivity contribution >= 4 is 34.6 Å². The van der Waals surface area contributed by atoms with Gasteiger partial charge in [-0.3, -0.25) is 24.7 Å². The van der Waals surface area contributed by atoms with Gasteiger partial charge in [0.15, 0.2) is 0 Å². The fraction of sp³-hybridized carbons (Fsp3) is 0.0870. The van der Waals surface area contributed by atoms with E-state index in [1.807, 2.05) is 36.4 Å². The summed E-state index contributed by atoms with van der Waals surface area (Å²) in [6, 6.07) is 23.0. The molecule has 2 heterocycles. The van der Waals surface area contributed by atoms with Gasteiger partial charge >= 0.3 is 0 Å². The number of fused-ring (bicyclic) bond motifs is 1. The van der Waals surface area contributed by atoms with Crippen molar-refractivity contribution < 1.29 is 14.5 Å². The average Bonchev–Trinajstić information content (AvgIpc) is 3.32. The van der Waals surface area contributed by atoms with E-state index in [0.29, 0.717) is 22.6 Å². The number of hydrogen-bond donors (Lipinski definition) is 0. The van der Waals surface area contributed by atoms with Crippen molar-refractivity contribution in [2.24, 2.45) is 11.0 Å². The van der Waals surface area contributed by atoms with Crippen LogP contribution in [0.15, 0.2) is 90.0 Å². The van der Waals surface area contributed by atoms with Crippen LogP contribution >= 0.6 is 0 Å². The minimum absolute atomic E-state index is 0.0569. The highest BCUT2D eigenvalue weighted by Crippen LogP contribution is 2.39. The molecule has 2 amide bonds. The maximum absolute atomic E-state index is 13.4. The van der Waals surface area contributed by atoms with Crippen molar-refractivity contribution in [2.75, 3.05) is 9.91 Å². The molecule has 1 fully saturated rings. The highest BCUT2D eigenvalue weighted by Gasteiger charge is 2.57. The minimum Gasteiger partial charge on any atom is -0.273 e. The zero-order valence-corrected chi connectivity index (χ0v) is 16.2. The average molecular weight is 412 g/mol. The predicted octanol–water partition coefficient (Wildman–Crippen LogP) is 3.38. The Labute approximate surface area is 177 Å². The van der Waals surface area contributed by atoms with Crippen molar-refractivity contribution in [2.45, 2.75) is 6.04 Å². The van der Waals surface area contributed by atoms with Gasteiger partial charge in [0.1, 0.15) is 12.0 Å². The summed E-state index contributed by atoms with van der Waals surface area (Å²) in [5.41, 5.74) is 2.11. The molecule has 31 heavy (non-hydrogen) atoms. The fourth-order valence-electron chi connectivity index (χ4n) is 4.03. The first-order valence-electron chi connectivity index (χ1n) is 9.67. The molecule has 3 aromatic rings. The normalized spacial score (nSPS) is 20.1. The van der Waals surface area contributed by atoms with Crippen molar-refractivity contribution in [3.63, 3.8) is 0 Å². The summed E-state index contributed by atoms with van der Waals surface area (Å²) in [5.74, 6) is -1.53. The summed E-state index contributed by atoms with van der Waals surface area (Å²) >= 11 is 0. The Bertz CT molecular complexity index is 1210. The summed E-state index contributed by atoms with van der Waals surface area (Å²) in [5, 5.41) is 17.2. The largest absolute Gasteiger partial charge is 0.273 e. The molecular weight excluding hydrogens is 396 g/mol. The highest BCUT2D eigenvalue weighted by molar-refractivity contribution is 6.34. The van der Waals surface area contributed by atoms with E-state index in [9.17, 15) is 19.7 Å². The summed E-state index contributed by atoms with van der Waals surface area (Å²) in [6.45, 7) is 0. The lowest BCUT2D eigenvalue weighted by atomic mass is 9.92. The molecule has 2 atom stereocenters. The molecule has 0 bridgehead atoms. The van der Waals surface area contributed by atoms with Gasteiger partial charge < -0.3 is 0 Å². The third-order valence-corrected chi connectivity index (χ3v) is 5.46. The van der Waals surface area contributed by atoms with Gasteiger partial charge in [0.05, 0.1) is 22.0 Å². The number of nitrogens with zero attached hydrogens (tertiary/aromatic N) is 4. The number of hydrogen-bond acceptors (Lipinski definition) is 6. The van der Waals surface area contributed by atoms with Crippen LogP contribution in [-0.4, -0.2) is 28.5 Å². The number of amides is 2. The lowest BCUT2D eigenvalue weighted by molar-refractivity contribution is -0.384. The quantitative estimate of drug-likeness (QED) is 0.372. The standard InChI is InChI=1S/C23H16N4O4/c28-22-19-20(15-11-13-18(14-12-15)27(30)31)24-26(17-9-5-2-6-10-17)21(19)23(29)25(22)16-7-3-1-4-8-16/h1-14,19,21H/t19-,21-/m0/s1. The van der Waals surface area contributed by atoms with E-state index in [4.69, 9.17) is 0 Å². The maximum atomic E-state index is 13.4. The van der Waals surface area contributed by atoms with Gasteiger partial charge in [-0.1, -0.05) is 36.4 Å². The van der Waals surface area contributed by atoms with E-state index in [-0.39, 0.29) is 17.5 Å². The molecule has 2 aliphatic rings.